The molecule has 0 radical (unpaired) electrons. The van der Waals surface area contributed by atoms with Gasteiger partial charge in [-0.2, -0.15) is 0 Å². The van der Waals surface area contributed by atoms with Crippen molar-refractivity contribution in [3.8, 4) is 5.75 Å². The summed E-state index contributed by atoms with van der Waals surface area (Å²) in [6, 6.07) is 16.2. The Hall–Kier alpha value is -3.49. The number of benzene rings is 2. The summed E-state index contributed by atoms with van der Waals surface area (Å²) in [6.07, 6.45) is 0. The van der Waals surface area contributed by atoms with Gasteiger partial charge in [0.15, 0.2) is 11.5 Å². The van der Waals surface area contributed by atoms with Crippen LogP contribution in [0.15, 0.2) is 59.4 Å². The highest BCUT2D eigenvalue weighted by Crippen LogP contribution is 2.39. The number of hydrogen-bond acceptors (Lipinski definition) is 6. The monoisotopic (exact) mass is 435 g/mol. The molecule has 0 aliphatic carbocycles. The lowest BCUT2D eigenvalue weighted by molar-refractivity contribution is 0.0952. The summed E-state index contributed by atoms with van der Waals surface area (Å²) >= 11 is 1.20. The molecular formula is C23H21N3O4S. The third-order valence-corrected chi connectivity index (χ3v) is 6.20. The minimum Gasteiger partial charge on any atom is -0.494 e. The molecule has 0 spiro atoms. The van der Waals surface area contributed by atoms with Gasteiger partial charge in [0, 0.05) is 24.0 Å². The van der Waals surface area contributed by atoms with Crippen LogP contribution in [0.4, 0.5) is 0 Å². The van der Waals surface area contributed by atoms with E-state index in [4.69, 9.17) is 10.5 Å². The second-order valence-corrected chi connectivity index (χ2v) is 7.93. The third-order valence-electron chi connectivity index (χ3n) is 5.00. The zero-order valence-corrected chi connectivity index (χ0v) is 17.7. The second kappa shape index (κ2) is 8.71. The summed E-state index contributed by atoms with van der Waals surface area (Å²) in [6.45, 7) is 0.496. The zero-order valence-electron chi connectivity index (χ0n) is 16.9. The number of ether oxygens (including phenoxy) is 1. The molecule has 0 saturated carbocycles. The summed E-state index contributed by atoms with van der Waals surface area (Å²) in [5, 5.41) is 3.80. The largest absolute Gasteiger partial charge is 0.494 e. The number of thiophene rings is 1. The predicted molar refractivity (Wildman–Crippen MR) is 122 cm³/mol. The van der Waals surface area contributed by atoms with Gasteiger partial charge in [0.2, 0.25) is 0 Å². The number of amides is 1. The molecule has 0 saturated heterocycles. The van der Waals surface area contributed by atoms with E-state index in [0.717, 1.165) is 5.39 Å². The molecule has 2 aromatic heterocycles. The average Bonchev–Trinajstić information content (AvgIpc) is 3.21. The van der Waals surface area contributed by atoms with E-state index in [9.17, 15) is 14.4 Å². The van der Waals surface area contributed by atoms with Crippen molar-refractivity contribution in [2.75, 3.05) is 20.2 Å². The van der Waals surface area contributed by atoms with Crippen LogP contribution in [0.3, 0.4) is 0 Å². The van der Waals surface area contributed by atoms with Gasteiger partial charge in [-0.1, -0.05) is 48.5 Å². The van der Waals surface area contributed by atoms with E-state index < -0.39 is 0 Å². The number of carbonyl (C=O) groups excluding carboxylic acids is 2. The number of hydrogen-bond donors (Lipinski definition) is 2. The summed E-state index contributed by atoms with van der Waals surface area (Å²) in [4.78, 5) is 39.3. The lowest BCUT2D eigenvalue weighted by Gasteiger charge is -2.11. The highest BCUT2D eigenvalue weighted by Gasteiger charge is 2.25. The van der Waals surface area contributed by atoms with E-state index in [1.807, 2.05) is 24.3 Å². The fraction of sp³-hybridized carbons (Fsp3) is 0.174. The van der Waals surface area contributed by atoms with Crippen LogP contribution in [-0.2, 0) is 6.54 Å². The number of Topliss-reactive ketones (excluding diaryl/α,β-unsaturated/α-hetero) is 1. The van der Waals surface area contributed by atoms with Crippen LogP contribution >= 0.6 is 11.3 Å². The molecule has 0 aliphatic heterocycles. The molecule has 0 fully saturated rings. The maximum absolute atomic E-state index is 13.5. The topological polar surface area (TPSA) is 103 Å². The number of ketones is 1. The van der Waals surface area contributed by atoms with Gasteiger partial charge in [-0.25, -0.2) is 0 Å². The molecule has 158 valence electrons. The van der Waals surface area contributed by atoms with Gasteiger partial charge in [0.05, 0.1) is 23.9 Å². The summed E-state index contributed by atoms with van der Waals surface area (Å²) in [7, 11) is 1.43. The van der Waals surface area contributed by atoms with Crippen molar-refractivity contribution in [1.29, 1.82) is 0 Å². The molecule has 4 rings (SSSR count). The standard InChI is InChI=1S/C23H21N3O4S/c1-30-19-18-20(31-21(19)22(28)25-12-11-24)15-9-5-6-10-16(15)26(23(18)29)13-17(27)14-7-3-2-4-8-14/h2-10H,11-13,24H2,1H3,(H,25,28). The number of aromatic nitrogens is 1. The van der Waals surface area contributed by atoms with Crippen LogP contribution in [0.2, 0.25) is 0 Å². The molecule has 7 nitrogen and oxygen atoms in total. The van der Waals surface area contributed by atoms with E-state index in [0.29, 0.717) is 39.1 Å². The fourth-order valence-electron chi connectivity index (χ4n) is 3.57. The Kier molecular flexibility index (Phi) is 5.83. The van der Waals surface area contributed by atoms with Gasteiger partial charge in [0.1, 0.15) is 10.3 Å². The van der Waals surface area contributed by atoms with Crippen molar-refractivity contribution in [2.24, 2.45) is 5.73 Å². The lowest BCUT2D eigenvalue weighted by Crippen LogP contribution is -2.28. The Morgan fingerprint density at radius 3 is 2.52 bits per heavy atom. The maximum Gasteiger partial charge on any atom is 0.265 e. The van der Waals surface area contributed by atoms with Gasteiger partial charge in [0.25, 0.3) is 11.5 Å². The lowest BCUT2D eigenvalue weighted by atomic mass is 10.1. The summed E-state index contributed by atoms with van der Waals surface area (Å²) in [5.74, 6) is -0.313. The normalized spacial score (nSPS) is 11.0. The van der Waals surface area contributed by atoms with E-state index >= 15 is 0 Å². The second-order valence-electron chi connectivity index (χ2n) is 6.91. The van der Waals surface area contributed by atoms with Gasteiger partial charge in [-0.15, -0.1) is 11.3 Å². The van der Waals surface area contributed by atoms with Gasteiger partial charge >= 0.3 is 0 Å². The first-order valence-corrected chi connectivity index (χ1v) is 10.6. The van der Waals surface area contributed by atoms with Gasteiger partial charge in [-0.3, -0.25) is 19.0 Å². The molecule has 8 heteroatoms. The molecular weight excluding hydrogens is 414 g/mol. The Morgan fingerprint density at radius 1 is 1.10 bits per heavy atom. The number of carbonyl (C=O) groups is 2. The van der Waals surface area contributed by atoms with Crippen molar-refractivity contribution in [3.63, 3.8) is 0 Å². The molecule has 4 aromatic rings. The van der Waals surface area contributed by atoms with Crippen LogP contribution in [0.5, 0.6) is 5.75 Å². The van der Waals surface area contributed by atoms with Crippen molar-refractivity contribution in [3.05, 3.63) is 75.4 Å². The number of nitrogens with zero attached hydrogens (tertiary/aromatic N) is 1. The van der Waals surface area contributed by atoms with Gasteiger partial charge < -0.3 is 15.8 Å². The molecule has 0 atom stereocenters. The number of nitrogens with two attached hydrogens (primary N) is 1. The highest BCUT2D eigenvalue weighted by atomic mass is 32.1. The van der Waals surface area contributed by atoms with Gasteiger partial charge in [-0.05, 0) is 6.07 Å². The first-order valence-electron chi connectivity index (χ1n) is 9.75. The maximum atomic E-state index is 13.5. The van der Waals surface area contributed by atoms with E-state index in [1.165, 1.54) is 23.0 Å². The number of rotatable bonds is 7. The van der Waals surface area contributed by atoms with Crippen molar-refractivity contribution >= 4 is 44.0 Å². The minimum absolute atomic E-state index is 0.118. The van der Waals surface area contributed by atoms with Crippen LogP contribution in [0.25, 0.3) is 21.0 Å². The number of methoxy groups -OCH3 is 1. The molecule has 3 N–H and O–H groups in total. The Balaban J connectivity index is 1.94. The van der Waals surface area contributed by atoms with Crippen LogP contribution in [0.1, 0.15) is 20.0 Å². The van der Waals surface area contributed by atoms with Crippen molar-refractivity contribution < 1.29 is 14.3 Å². The van der Waals surface area contributed by atoms with Crippen molar-refractivity contribution in [2.45, 2.75) is 6.54 Å². The van der Waals surface area contributed by atoms with E-state index in [1.54, 1.807) is 30.3 Å². The first kappa shape index (κ1) is 20.8. The van der Waals surface area contributed by atoms with Crippen LogP contribution < -0.4 is 21.3 Å². The SMILES string of the molecule is COc1c(C(=O)NCCN)sc2c1c(=O)n(CC(=O)c1ccccc1)c1ccccc21. The van der Waals surface area contributed by atoms with E-state index in [2.05, 4.69) is 5.32 Å². The Labute approximate surface area is 182 Å². The molecule has 0 aliphatic rings. The molecule has 2 aromatic carbocycles. The molecule has 0 unspecified atom stereocenters. The number of nitrogens with one attached hydrogen (secondary N) is 1. The number of para-hydroxylation sites is 1. The Morgan fingerprint density at radius 2 is 1.81 bits per heavy atom. The highest BCUT2D eigenvalue weighted by molar-refractivity contribution is 7.22. The quantitative estimate of drug-likeness (QED) is 0.435. The van der Waals surface area contributed by atoms with Crippen molar-refractivity contribution in [1.82, 2.24) is 9.88 Å². The third kappa shape index (κ3) is 3.71. The molecule has 0 bridgehead atoms. The first-order chi connectivity index (χ1) is 15.1. The van der Waals surface area contributed by atoms with Crippen LogP contribution in [0, 0.1) is 0 Å². The smallest absolute Gasteiger partial charge is 0.265 e. The Bertz CT molecular complexity index is 1340. The zero-order chi connectivity index (χ0) is 22.0. The van der Waals surface area contributed by atoms with E-state index in [-0.39, 0.29) is 29.5 Å². The average molecular weight is 436 g/mol. The molecule has 2 heterocycles. The number of fused-ring (bicyclic) bond motifs is 3. The number of pyridine rings is 1. The summed E-state index contributed by atoms with van der Waals surface area (Å²) < 4.78 is 7.59. The fourth-order valence-corrected chi connectivity index (χ4v) is 4.78. The summed E-state index contributed by atoms with van der Waals surface area (Å²) in [5.41, 5.74) is 6.27. The predicted octanol–water partition coefficient (Wildman–Crippen LogP) is 2.80. The van der Waals surface area contributed by atoms with Crippen LogP contribution in [-0.4, -0.2) is 36.5 Å². The minimum atomic E-state index is -0.371. The molecule has 1 amide bonds. The molecule has 31 heavy (non-hydrogen) atoms.